The monoisotopic (exact) mass is 316 g/mol. The average molecular weight is 316 g/mol. The van der Waals surface area contributed by atoms with Gasteiger partial charge in [-0.2, -0.15) is 0 Å². The Labute approximate surface area is 138 Å². The minimum Gasteiger partial charge on any atom is -0.469 e. The lowest BCUT2D eigenvalue weighted by Gasteiger charge is -2.44. The van der Waals surface area contributed by atoms with Gasteiger partial charge in [-0.15, -0.1) is 0 Å². The maximum Gasteiger partial charge on any atom is 0.305 e. The normalized spacial score (nSPS) is 31.0. The molecule has 0 radical (unpaired) electrons. The Hall–Kier alpha value is -1.58. The average Bonchev–Trinajstić information content (AvgIpc) is 2.59. The molecule has 0 aromatic carbocycles. The number of anilines is 1. The summed E-state index contributed by atoms with van der Waals surface area (Å²) >= 11 is 0. The number of methoxy groups -OCH3 is 1. The molecule has 2 aliphatic rings. The van der Waals surface area contributed by atoms with E-state index < -0.39 is 0 Å². The number of hydrogen-bond acceptors (Lipinski definition) is 4. The van der Waals surface area contributed by atoms with E-state index in [4.69, 9.17) is 10.5 Å². The quantitative estimate of drug-likeness (QED) is 0.854. The Bertz CT molecular complexity index is 523. The smallest absolute Gasteiger partial charge is 0.305 e. The molecule has 0 aliphatic heterocycles. The zero-order valence-corrected chi connectivity index (χ0v) is 14.1. The molecule has 2 fully saturated rings. The first kappa shape index (κ1) is 16.3. The molecule has 1 heterocycles. The molecule has 0 saturated heterocycles. The largest absolute Gasteiger partial charge is 0.469 e. The molecule has 0 bridgehead atoms. The maximum absolute atomic E-state index is 11.4. The Kier molecular flexibility index (Phi) is 4.88. The summed E-state index contributed by atoms with van der Waals surface area (Å²) in [6.45, 7) is 0. The van der Waals surface area contributed by atoms with E-state index in [9.17, 15) is 4.79 Å². The topological polar surface area (TPSA) is 65.2 Å². The van der Waals surface area contributed by atoms with Gasteiger partial charge in [-0.3, -0.25) is 9.78 Å². The standard InChI is InChI=1S/C19H28N2O2/c1-23-18(22)12-14-4-8-19(9-5-14)10-6-15(7-11-19)17-3-2-16(20)13-21-17/h2-3,13-15H,4-12,20H2,1H3. The first-order chi connectivity index (χ1) is 11.1. The molecule has 126 valence electrons. The summed E-state index contributed by atoms with van der Waals surface area (Å²) < 4.78 is 4.81. The second-order valence-electron chi connectivity index (χ2n) is 7.51. The van der Waals surface area contributed by atoms with Gasteiger partial charge in [-0.05, 0) is 74.8 Å². The predicted molar refractivity (Wildman–Crippen MR) is 90.9 cm³/mol. The van der Waals surface area contributed by atoms with Crippen molar-refractivity contribution in [1.82, 2.24) is 4.98 Å². The van der Waals surface area contributed by atoms with Crippen LogP contribution in [-0.2, 0) is 9.53 Å². The highest BCUT2D eigenvalue weighted by Crippen LogP contribution is 2.52. The molecule has 4 nitrogen and oxygen atoms in total. The summed E-state index contributed by atoms with van der Waals surface area (Å²) in [5.41, 5.74) is 8.20. The lowest BCUT2D eigenvalue weighted by Crippen LogP contribution is -2.32. The molecule has 0 atom stereocenters. The Morgan fingerprint density at radius 1 is 1.22 bits per heavy atom. The third-order valence-corrected chi connectivity index (χ3v) is 6.12. The number of nitrogens with two attached hydrogens (primary N) is 1. The van der Waals surface area contributed by atoms with E-state index in [-0.39, 0.29) is 5.97 Å². The molecule has 1 aromatic rings. The second kappa shape index (κ2) is 6.90. The number of pyridine rings is 1. The first-order valence-corrected chi connectivity index (χ1v) is 8.88. The lowest BCUT2D eigenvalue weighted by atomic mass is 9.61. The highest BCUT2D eigenvalue weighted by Gasteiger charge is 2.39. The Morgan fingerprint density at radius 3 is 2.43 bits per heavy atom. The Morgan fingerprint density at radius 2 is 1.87 bits per heavy atom. The van der Waals surface area contributed by atoms with Crippen LogP contribution in [0.25, 0.3) is 0 Å². The van der Waals surface area contributed by atoms with Gasteiger partial charge in [-0.1, -0.05) is 0 Å². The first-order valence-electron chi connectivity index (χ1n) is 8.88. The summed E-state index contributed by atoms with van der Waals surface area (Å²) in [5.74, 6) is 1.07. The molecule has 2 N–H and O–H groups in total. The minimum atomic E-state index is -0.0518. The molecule has 0 unspecified atom stereocenters. The van der Waals surface area contributed by atoms with Crippen LogP contribution in [0.15, 0.2) is 18.3 Å². The van der Waals surface area contributed by atoms with Crippen molar-refractivity contribution in [2.75, 3.05) is 12.8 Å². The van der Waals surface area contributed by atoms with Crippen LogP contribution in [0.1, 0.15) is 69.4 Å². The van der Waals surface area contributed by atoms with Gasteiger partial charge in [-0.25, -0.2) is 0 Å². The number of carbonyl (C=O) groups excluding carboxylic acids is 1. The number of nitrogen functional groups attached to an aromatic ring is 1. The molecule has 2 saturated carbocycles. The fourth-order valence-corrected chi connectivity index (χ4v) is 4.50. The van der Waals surface area contributed by atoms with Gasteiger partial charge in [0.25, 0.3) is 0 Å². The van der Waals surface area contributed by atoms with Gasteiger partial charge in [0.05, 0.1) is 19.0 Å². The number of esters is 1. The minimum absolute atomic E-state index is 0.0518. The number of rotatable bonds is 3. The van der Waals surface area contributed by atoms with Crippen LogP contribution in [-0.4, -0.2) is 18.1 Å². The van der Waals surface area contributed by atoms with Crippen molar-refractivity contribution < 1.29 is 9.53 Å². The van der Waals surface area contributed by atoms with Crippen molar-refractivity contribution in [2.45, 2.75) is 63.7 Å². The fraction of sp³-hybridized carbons (Fsp3) is 0.684. The summed E-state index contributed by atoms with van der Waals surface area (Å²) in [7, 11) is 1.49. The number of aromatic nitrogens is 1. The lowest BCUT2D eigenvalue weighted by molar-refractivity contribution is -0.142. The molecular formula is C19H28N2O2. The number of nitrogens with zero attached hydrogens (tertiary/aromatic N) is 1. The maximum atomic E-state index is 11.4. The summed E-state index contributed by atoms with van der Waals surface area (Å²) in [6.07, 6.45) is 12.4. The van der Waals surface area contributed by atoms with Gasteiger partial charge in [0.2, 0.25) is 0 Å². The van der Waals surface area contributed by atoms with Crippen LogP contribution in [0.4, 0.5) is 5.69 Å². The predicted octanol–water partition coefficient (Wildman–Crippen LogP) is 4.06. The summed E-state index contributed by atoms with van der Waals surface area (Å²) in [5, 5.41) is 0. The third kappa shape index (κ3) is 3.85. The highest BCUT2D eigenvalue weighted by atomic mass is 16.5. The van der Waals surface area contributed by atoms with Crippen molar-refractivity contribution in [1.29, 1.82) is 0 Å². The van der Waals surface area contributed by atoms with Crippen LogP contribution in [0.5, 0.6) is 0 Å². The van der Waals surface area contributed by atoms with E-state index in [1.807, 2.05) is 6.07 Å². The molecule has 3 rings (SSSR count). The van der Waals surface area contributed by atoms with Crippen LogP contribution < -0.4 is 5.73 Å². The van der Waals surface area contributed by atoms with Crippen LogP contribution in [0.2, 0.25) is 0 Å². The zero-order valence-electron chi connectivity index (χ0n) is 14.1. The van der Waals surface area contributed by atoms with E-state index in [0.29, 0.717) is 23.7 Å². The molecule has 1 spiro atoms. The number of ether oxygens (including phenoxy) is 1. The van der Waals surface area contributed by atoms with E-state index in [1.54, 1.807) is 6.20 Å². The van der Waals surface area contributed by atoms with Crippen molar-refractivity contribution >= 4 is 11.7 Å². The highest BCUT2D eigenvalue weighted by molar-refractivity contribution is 5.69. The SMILES string of the molecule is COC(=O)CC1CCC2(CC1)CCC(c1ccc(N)cn1)CC2. The second-order valence-corrected chi connectivity index (χ2v) is 7.51. The fourth-order valence-electron chi connectivity index (χ4n) is 4.50. The van der Waals surface area contributed by atoms with Gasteiger partial charge in [0.1, 0.15) is 0 Å². The molecular weight excluding hydrogens is 288 g/mol. The van der Waals surface area contributed by atoms with Crippen molar-refractivity contribution in [3.05, 3.63) is 24.0 Å². The van der Waals surface area contributed by atoms with E-state index >= 15 is 0 Å². The van der Waals surface area contributed by atoms with E-state index in [1.165, 1.54) is 64.2 Å². The van der Waals surface area contributed by atoms with Crippen molar-refractivity contribution in [3.8, 4) is 0 Å². The molecule has 0 amide bonds. The zero-order chi connectivity index (χ0) is 16.3. The van der Waals surface area contributed by atoms with Gasteiger partial charge < -0.3 is 10.5 Å². The van der Waals surface area contributed by atoms with Crippen LogP contribution in [0, 0.1) is 11.3 Å². The summed E-state index contributed by atoms with van der Waals surface area (Å²) in [4.78, 5) is 15.9. The molecule has 4 heteroatoms. The number of hydrogen-bond donors (Lipinski definition) is 1. The van der Waals surface area contributed by atoms with Gasteiger partial charge in [0.15, 0.2) is 0 Å². The number of carbonyl (C=O) groups is 1. The van der Waals surface area contributed by atoms with E-state index in [2.05, 4.69) is 11.1 Å². The Balaban J connectivity index is 1.51. The van der Waals surface area contributed by atoms with Gasteiger partial charge >= 0.3 is 5.97 Å². The third-order valence-electron chi connectivity index (χ3n) is 6.12. The molecule has 2 aliphatic carbocycles. The van der Waals surface area contributed by atoms with Crippen LogP contribution >= 0.6 is 0 Å². The van der Waals surface area contributed by atoms with Gasteiger partial charge in [0, 0.05) is 18.0 Å². The van der Waals surface area contributed by atoms with E-state index in [0.717, 1.165) is 5.69 Å². The summed E-state index contributed by atoms with van der Waals surface area (Å²) in [6, 6.07) is 4.05. The van der Waals surface area contributed by atoms with Crippen molar-refractivity contribution in [3.63, 3.8) is 0 Å². The van der Waals surface area contributed by atoms with Crippen molar-refractivity contribution in [2.24, 2.45) is 11.3 Å². The van der Waals surface area contributed by atoms with Crippen LogP contribution in [0.3, 0.4) is 0 Å². The molecule has 1 aromatic heterocycles. The molecule has 23 heavy (non-hydrogen) atoms.